The van der Waals surface area contributed by atoms with Gasteiger partial charge in [0.1, 0.15) is 11.9 Å². The van der Waals surface area contributed by atoms with Crippen LogP contribution in [0, 0.1) is 5.92 Å². The van der Waals surface area contributed by atoms with Crippen LogP contribution in [0.4, 0.5) is 5.82 Å². The molecule has 0 aliphatic heterocycles. The summed E-state index contributed by atoms with van der Waals surface area (Å²) in [5, 5.41) is 14.5. The molecule has 0 saturated heterocycles. The lowest BCUT2D eigenvalue weighted by Gasteiger charge is -2.18. The average molecular weight is 277 g/mol. The maximum Gasteiger partial charge on any atom is 0.326 e. The van der Waals surface area contributed by atoms with Crippen molar-refractivity contribution >= 4 is 17.7 Å². The van der Waals surface area contributed by atoms with Gasteiger partial charge in [-0.25, -0.2) is 9.78 Å². The number of nitrogens with zero attached hydrogens (tertiary/aromatic N) is 1. The van der Waals surface area contributed by atoms with E-state index in [-0.39, 0.29) is 11.8 Å². The van der Waals surface area contributed by atoms with Gasteiger partial charge in [0.25, 0.3) is 5.91 Å². The van der Waals surface area contributed by atoms with Gasteiger partial charge in [0.05, 0.1) is 5.56 Å². The fourth-order valence-corrected chi connectivity index (χ4v) is 1.55. The maximum absolute atomic E-state index is 11.6. The highest BCUT2D eigenvalue weighted by Gasteiger charge is 2.21. The van der Waals surface area contributed by atoms with E-state index >= 15 is 0 Å². The van der Waals surface area contributed by atoms with E-state index in [1.54, 1.807) is 18.2 Å². The Balaban J connectivity index is 2.73. The summed E-state index contributed by atoms with van der Waals surface area (Å²) >= 11 is 0. The number of hydrogen-bond acceptors (Lipinski definition) is 4. The van der Waals surface area contributed by atoms with Gasteiger partial charge >= 0.3 is 5.97 Å². The first-order chi connectivity index (χ1) is 9.45. The lowest BCUT2D eigenvalue weighted by molar-refractivity contribution is -0.138. The Hall–Kier alpha value is -2.37. The summed E-state index contributed by atoms with van der Waals surface area (Å²) in [6, 6.07) is 2.46. The minimum atomic E-state index is -0.936. The van der Waals surface area contributed by atoms with Crippen molar-refractivity contribution < 1.29 is 14.7 Å². The normalized spacial score (nSPS) is 11.8. The van der Waals surface area contributed by atoms with Gasteiger partial charge in [-0.2, -0.15) is 0 Å². The fourth-order valence-electron chi connectivity index (χ4n) is 1.55. The number of carboxylic acids is 1. The third-order valence-electron chi connectivity index (χ3n) is 2.67. The Kier molecular flexibility index (Phi) is 5.71. The monoisotopic (exact) mass is 277 g/mol. The van der Waals surface area contributed by atoms with E-state index in [1.165, 1.54) is 6.20 Å². The van der Waals surface area contributed by atoms with Crippen molar-refractivity contribution in [2.24, 2.45) is 5.92 Å². The summed E-state index contributed by atoms with van der Waals surface area (Å²) in [5.41, 5.74) is 0.411. The summed E-state index contributed by atoms with van der Waals surface area (Å²) in [5.74, 6) is -0.839. The van der Waals surface area contributed by atoms with Gasteiger partial charge in [-0.3, -0.25) is 4.79 Å². The molecule has 0 unspecified atom stereocenters. The van der Waals surface area contributed by atoms with E-state index in [1.807, 2.05) is 13.8 Å². The lowest BCUT2D eigenvalue weighted by Crippen LogP contribution is -2.34. The number of aliphatic carboxylic acids is 1. The highest BCUT2D eigenvalue weighted by molar-refractivity contribution is 5.94. The standard InChI is InChI=1S/C14H19N3O3/c1-4-7-15-13(18)10-5-6-11(16-8-10)17-12(9(2)3)14(19)20/h4-6,8-9,12H,1,7H2,2-3H3,(H,15,18)(H,16,17)(H,19,20)/t12-/m1/s1. The van der Waals surface area contributed by atoms with Crippen LogP contribution >= 0.6 is 0 Å². The molecule has 1 aromatic heterocycles. The molecule has 6 nitrogen and oxygen atoms in total. The number of nitrogens with one attached hydrogen (secondary N) is 2. The highest BCUT2D eigenvalue weighted by Crippen LogP contribution is 2.11. The van der Waals surface area contributed by atoms with Crippen LogP contribution in [0.1, 0.15) is 24.2 Å². The largest absolute Gasteiger partial charge is 0.480 e. The lowest BCUT2D eigenvalue weighted by atomic mass is 10.1. The number of pyridine rings is 1. The van der Waals surface area contributed by atoms with Crippen LogP contribution in [0.15, 0.2) is 31.0 Å². The smallest absolute Gasteiger partial charge is 0.326 e. The molecule has 1 aromatic rings. The number of anilines is 1. The number of hydrogen-bond donors (Lipinski definition) is 3. The number of rotatable bonds is 7. The van der Waals surface area contributed by atoms with Crippen LogP contribution in [0.25, 0.3) is 0 Å². The zero-order valence-electron chi connectivity index (χ0n) is 11.6. The molecule has 0 bridgehead atoms. The molecular weight excluding hydrogens is 258 g/mol. The molecular formula is C14H19N3O3. The average Bonchev–Trinajstić information content (AvgIpc) is 2.42. The molecule has 0 spiro atoms. The van der Waals surface area contributed by atoms with Crippen LogP contribution in [-0.2, 0) is 4.79 Å². The minimum Gasteiger partial charge on any atom is -0.480 e. The predicted octanol–water partition coefficient (Wildman–Crippen LogP) is 1.52. The van der Waals surface area contributed by atoms with E-state index < -0.39 is 12.0 Å². The summed E-state index contributed by atoms with van der Waals surface area (Å²) in [4.78, 5) is 26.8. The first-order valence-corrected chi connectivity index (χ1v) is 6.30. The Labute approximate surface area is 117 Å². The number of carbonyl (C=O) groups is 2. The van der Waals surface area contributed by atoms with Gasteiger partial charge in [0, 0.05) is 12.7 Å². The molecule has 6 heteroatoms. The molecule has 1 heterocycles. The molecule has 0 aliphatic carbocycles. The molecule has 1 rings (SSSR count). The predicted molar refractivity (Wildman–Crippen MR) is 76.7 cm³/mol. The molecule has 20 heavy (non-hydrogen) atoms. The van der Waals surface area contributed by atoms with E-state index in [4.69, 9.17) is 5.11 Å². The van der Waals surface area contributed by atoms with Crippen LogP contribution in [0.3, 0.4) is 0 Å². The number of aromatic nitrogens is 1. The first-order valence-electron chi connectivity index (χ1n) is 6.30. The summed E-state index contributed by atoms with van der Waals surface area (Å²) in [7, 11) is 0. The molecule has 108 valence electrons. The van der Waals surface area contributed by atoms with E-state index in [0.717, 1.165) is 0 Å². The molecule has 1 atom stereocenters. The number of carbonyl (C=O) groups excluding carboxylic acids is 1. The second kappa shape index (κ2) is 7.28. The summed E-state index contributed by atoms with van der Waals surface area (Å²) < 4.78 is 0. The van der Waals surface area contributed by atoms with Crippen molar-refractivity contribution in [2.45, 2.75) is 19.9 Å². The molecule has 0 saturated carbocycles. The van der Waals surface area contributed by atoms with Crippen molar-refractivity contribution in [3.8, 4) is 0 Å². The second-order valence-corrected chi connectivity index (χ2v) is 4.64. The summed E-state index contributed by atoms with van der Waals surface area (Å²) in [6.07, 6.45) is 2.99. The molecule has 0 radical (unpaired) electrons. The summed E-state index contributed by atoms with van der Waals surface area (Å²) in [6.45, 7) is 7.51. The highest BCUT2D eigenvalue weighted by atomic mass is 16.4. The Morgan fingerprint density at radius 3 is 2.60 bits per heavy atom. The number of carboxylic acid groups (broad SMARTS) is 1. The van der Waals surface area contributed by atoms with Crippen molar-refractivity contribution in [1.82, 2.24) is 10.3 Å². The molecule has 1 amide bonds. The second-order valence-electron chi connectivity index (χ2n) is 4.64. The Morgan fingerprint density at radius 2 is 2.15 bits per heavy atom. The van der Waals surface area contributed by atoms with Crippen LogP contribution in [-0.4, -0.2) is 34.6 Å². The van der Waals surface area contributed by atoms with Crippen molar-refractivity contribution in [3.05, 3.63) is 36.5 Å². The van der Waals surface area contributed by atoms with Gasteiger partial charge < -0.3 is 15.7 Å². The van der Waals surface area contributed by atoms with Crippen LogP contribution in [0.2, 0.25) is 0 Å². The van der Waals surface area contributed by atoms with E-state index in [9.17, 15) is 9.59 Å². The Bertz CT molecular complexity index is 483. The third kappa shape index (κ3) is 4.38. The fraction of sp³-hybridized carbons (Fsp3) is 0.357. The zero-order chi connectivity index (χ0) is 15.1. The minimum absolute atomic E-state index is 0.0788. The third-order valence-corrected chi connectivity index (χ3v) is 2.67. The molecule has 3 N–H and O–H groups in total. The van der Waals surface area contributed by atoms with Crippen molar-refractivity contribution in [3.63, 3.8) is 0 Å². The van der Waals surface area contributed by atoms with Gasteiger partial charge in [0.15, 0.2) is 0 Å². The first kappa shape index (κ1) is 15.7. The zero-order valence-corrected chi connectivity index (χ0v) is 11.6. The van der Waals surface area contributed by atoms with Crippen molar-refractivity contribution in [2.75, 3.05) is 11.9 Å². The van der Waals surface area contributed by atoms with Crippen LogP contribution in [0.5, 0.6) is 0 Å². The van der Waals surface area contributed by atoms with E-state index in [2.05, 4.69) is 22.2 Å². The molecule has 0 fully saturated rings. The van der Waals surface area contributed by atoms with Crippen molar-refractivity contribution in [1.29, 1.82) is 0 Å². The maximum atomic E-state index is 11.6. The quantitative estimate of drug-likeness (QED) is 0.657. The van der Waals surface area contributed by atoms with Crippen LogP contribution < -0.4 is 10.6 Å². The van der Waals surface area contributed by atoms with E-state index in [0.29, 0.717) is 17.9 Å². The number of amides is 1. The van der Waals surface area contributed by atoms with Gasteiger partial charge in [-0.15, -0.1) is 6.58 Å². The Morgan fingerprint density at radius 1 is 1.45 bits per heavy atom. The van der Waals surface area contributed by atoms with Gasteiger partial charge in [-0.1, -0.05) is 19.9 Å². The van der Waals surface area contributed by atoms with Gasteiger partial charge in [0.2, 0.25) is 0 Å². The molecule has 0 aliphatic rings. The SMILES string of the molecule is C=CCNC(=O)c1ccc(N[C@@H](C(=O)O)C(C)C)nc1. The topological polar surface area (TPSA) is 91.3 Å². The van der Waals surface area contributed by atoms with Gasteiger partial charge in [-0.05, 0) is 18.1 Å². The molecule has 0 aromatic carbocycles.